The summed E-state index contributed by atoms with van der Waals surface area (Å²) in [6.07, 6.45) is 4.39. The van der Waals surface area contributed by atoms with Crippen LogP contribution >= 0.6 is 22.9 Å². The number of nitrogens with zero attached hydrogens (tertiary/aromatic N) is 2. The third-order valence-electron chi connectivity index (χ3n) is 6.17. The predicted octanol–water partition coefficient (Wildman–Crippen LogP) is 5.37. The van der Waals surface area contributed by atoms with Crippen molar-refractivity contribution in [2.75, 3.05) is 0 Å². The molecular formula is C23H24ClN3O2S. The molecule has 2 saturated heterocycles. The van der Waals surface area contributed by atoms with Gasteiger partial charge in [-0.05, 0) is 55.5 Å². The lowest BCUT2D eigenvalue weighted by molar-refractivity contribution is -0.133. The molecule has 3 atom stereocenters. The number of thiazole rings is 1. The molecule has 7 heteroatoms. The number of piperidine rings is 1. The molecule has 3 aromatic rings. The first-order valence-corrected chi connectivity index (χ1v) is 11.6. The first-order chi connectivity index (χ1) is 14.6. The second-order valence-electron chi connectivity index (χ2n) is 8.17. The summed E-state index contributed by atoms with van der Waals surface area (Å²) < 4.78 is 6.87. The Hall–Kier alpha value is -2.15. The van der Waals surface area contributed by atoms with Crippen LogP contribution in [-0.4, -0.2) is 33.9 Å². The maximum atomic E-state index is 11.9. The van der Waals surface area contributed by atoms with E-state index in [0.29, 0.717) is 28.3 Å². The highest BCUT2D eigenvalue weighted by molar-refractivity contribution is 7.20. The minimum Gasteiger partial charge on any atom is -0.431 e. The number of halogens is 1. The summed E-state index contributed by atoms with van der Waals surface area (Å²) in [4.78, 5) is 18.5. The number of ether oxygens (including phenoxy) is 1. The second kappa shape index (κ2) is 8.17. The van der Waals surface area contributed by atoms with E-state index in [4.69, 9.17) is 16.3 Å². The quantitative estimate of drug-likeness (QED) is 0.578. The lowest BCUT2D eigenvalue weighted by Crippen LogP contribution is -2.50. The lowest BCUT2D eigenvalue weighted by atomic mass is 9.97. The summed E-state index contributed by atoms with van der Waals surface area (Å²) in [5.74, 6) is 0.994. The van der Waals surface area contributed by atoms with Gasteiger partial charge in [-0.3, -0.25) is 4.79 Å². The Bertz CT molecular complexity index is 1050. The third-order valence-corrected chi connectivity index (χ3v) is 7.58. The number of aromatic nitrogens is 1. The highest BCUT2D eigenvalue weighted by Gasteiger charge is 2.41. The van der Waals surface area contributed by atoms with E-state index in [0.717, 1.165) is 48.2 Å². The average molecular weight is 442 g/mol. The first-order valence-electron chi connectivity index (χ1n) is 10.4. The molecule has 1 N–H and O–H groups in total. The van der Waals surface area contributed by atoms with Gasteiger partial charge >= 0.3 is 0 Å². The molecule has 0 radical (unpaired) electrons. The summed E-state index contributed by atoms with van der Waals surface area (Å²) >= 11 is 7.68. The van der Waals surface area contributed by atoms with Gasteiger partial charge in [0, 0.05) is 31.6 Å². The Labute approximate surface area is 185 Å². The summed E-state index contributed by atoms with van der Waals surface area (Å²) in [5, 5.41) is 4.98. The van der Waals surface area contributed by atoms with Gasteiger partial charge in [0.1, 0.15) is 5.75 Å². The van der Waals surface area contributed by atoms with Crippen LogP contribution in [0.3, 0.4) is 0 Å². The molecular weight excluding hydrogens is 418 g/mol. The molecule has 2 aliphatic rings. The maximum absolute atomic E-state index is 11.9. The zero-order chi connectivity index (χ0) is 20.7. The number of hydrogen-bond donors (Lipinski definition) is 1. The van der Waals surface area contributed by atoms with Gasteiger partial charge in [0.2, 0.25) is 5.91 Å². The third kappa shape index (κ3) is 3.92. The van der Waals surface area contributed by atoms with E-state index in [9.17, 15) is 4.79 Å². The van der Waals surface area contributed by atoms with E-state index in [1.807, 2.05) is 30.3 Å². The fraction of sp³-hybridized carbons (Fsp3) is 0.391. The molecule has 2 fully saturated rings. The van der Waals surface area contributed by atoms with Crippen molar-refractivity contribution in [3.8, 4) is 10.9 Å². The van der Waals surface area contributed by atoms with Crippen molar-refractivity contribution in [1.82, 2.24) is 15.2 Å². The number of fused-ring (bicyclic) bond motifs is 3. The molecule has 3 heterocycles. The van der Waals surface area contributed by atoms with Crippen LogP contribution in [0.4, 0.5) is 0 Å². The fourth-order valence-electron chi connectivity index (χ4n) is 4.83. The van der Waals surface area contributed by atoms with Crippen LogP contribution in [0.25, 0.3) is 10.2 Å². The SMILES string of the molecule is CC(=O)N1[C@@H]2CC[C@H]1CC(NCc1ccc(Oc3nc4cccc(Cl)c4s3)cc1)C2. The summed E-state index contributed by atoms with van der Waals surface area (Å²) in [6, 6.07) is 15.1. The largest absolute Gasteiger partial charge is 0.431 e. The van der Waals surface area contributed by atoms with Gasteiger partial charge in [-0.1, -0.05) is 41.1 Å². The number of rotatable bonds is 5. The van der Waals surface area contributed by atoms with Gasteiger partial charge in [0.25, 0.3) is 5.19 Å². The van der Waals surface area contributed by atoms with Crippen molar-refractivity contribution < 1.29 is 9.53 Å². The minimum absolute atomic E-state index is 0.229. The van der Waals surface area contributed by atoms with E-state index in [-0.39, 0.29) is 5.91 Å². The van der Waals surface area contributed by atoms with Crippen LogP contribution in [0.5, 0.6) is 10.9 Å². The van der Waals surface area contributed by atoms with Crippen LogP contribution in [0.1, 0.15) is 38.2 Å². The Morgan fingerprint density at radius 2 is 1.93 bits per heavy atom. The molecule has 30 heavy (non-hydrogen) atoms. The lowest BCUT2D eigenvalue weighted by Gasteiger charge is -2.38. The molecule has 2 aliphatic heterocycles. The van der Waals surface area contributed by atoms with E-state index < -0.39 is 0 Å². The molecule has 1 aromatic heterocycles. The number of amides is 1. The molecule has 156 valence electrons. The van der Waals surface area contributed by atoms with E-state index in [1.165, 1.54) is 16.9 Å². The number of nitrogens with one attached hydrogen (secondary N) is 1. The monoisotopic (exact) mass is 441 g/mol. The minimum atomic E-state index is 0.229. The standard InChI is InChI=1S/C23H24ClN3O2S/c1-14(28)27-17-7-8-18(27)12-16(11-17)25-13-15-5-9-19(10-6-15)29-23-26-21-4-2-3-20(24)22(21)30-23/h2-6,9-10,16-18,25H,7-8,11-13H2,1H3/t16?,17-,18+. The average Bonchev–Trinajstić information content (AvgIpc) is 3.26. The van der Waals surface area contributed by atoms with Crippen LogP contribution in [-0.2, 0) is 11.3 Å². The molecule has 0 spiro atoms. The number of carbonyl (C=O) groups excluding carboxylic acids is 1. The highest BCUT2D eigenvalue weighted by atomic mass is 35.5. The van der Waals surface area contributed by atoms with Gasteiger partial charge in [-0.2, -0.15) is 0 Å². The normalized spacial score (nSPS) is 23.1. The first kappa shape index (κ1) is 19.8. The van der Waals surface area contributed by atoms with Crippen molar-refractivity contribution >= 4 is 39.1 Å². The van der Waals surface area contributed by atoms with Gasteiger partial charge < -0.3 is 15.0 Å². The van der Waals surface area contributed by atoms with Crippen molar-refractivity contribution in [2.24, 2.45) is 0 Å². The number of benzene rings is 2. The Balaban J connectivity index is 1.18. The summed E-state index contributed by atoms with van der Waals surface area (Å²) in [6.45, 7) is 2.52. The smallest absolute Gasteiger partial charge is 0.279 e. The Kier molecular flexibility index (Phi) is 5.39. The van der Waals surface area contributed by atoms with Crippen molar-refractivity contribution in [3.05, 3.63) is 53.1 Å². The van der Waals surface area contributed by atoms with E-state index in [1.54, 1.807) is 6.92 Å². The second-order valence-corrected chi connectivity index (χ2v) is 9.54. The van der Waals surface area contributed by atoms with Crippen molar-refractivity contribution in [3.63, 3.8) is 0 Å². The number of carbonyl (C=O) groups is 1. The summed E-state index contributed by atoms with van der Waals surface area (Å²) in [7, 11) is 0. The van der Waals surface area contributed by atoms with Crippen LogP contribution < -0.4 is 10.1 Å². The van der Waals surface area contributed by atoms with Gasteiger partial charge in [0.15, 0.2) is 0 Å². The number of hydrogen-bond acceptors (Lipinski definition) is 5. The molecule has 0 saturated carbocycles. The van der Waals surface area contributed by atoms with Gasteiger partial charge in [-0.25, -0.2) is 4.98 Å². The zero-order valence-corrected chi connectivity index (χ0v) is 18.4. The highest BCUT2D eigenvalue weighted by Crippen LogP contribution is 2.36. The predicted molar refractivity (Wildman–Crippen MR) is 120 cm³/mol. The van der Waals surface area contributed by atoms with Crippen LogP contribution in [0.2, 0.25) is 5.02 Å². The van der Waals surface area contributed by atoms with Crippen molar-refractivity contribution in [2.45, 2.75) is 57.3 Å². The van der Waals surface area contributed by atoms with Gasteiger partial charge in [0.05, 0.1) is 15.2 Å². The summed E-state index contributed by atoms with van der Waals surface area (Å²) in [5.41, 5.74) is 2.07. The maximum Gasteiger partial charge on any atom is 0.279 e. The molecule has 5 rings (SSSR count). The molecule has 0 aliphatic carbocycles. The Morgan fingerprint density at radius 1 is 1.20 bits per heavy atom. The molecule has 2 bridgehead atoms. The Morgan fingerprint density at radius 3 is 2.60 bits per heavy atom. The van der Waals surface area contributed by atoms with E-state index in [2.05, 4.69) is 27.3 Å². The van der Waals surface area contributed by atoms with Crippen LogP contribution in [0.15, 0.2) is 42.5 Å². The van der Waals surface area contributed by atoms with Gasteiger partial charge in [-0.15, -0.1) is 0 Å². The molecule has 2 aromatic carbocycles. The molecule has 1 unspecified atom stereocenters. The topological polar surface area (TPSA) is 54.5 Å². The fourth-order valence-corrected chi connectivity index (χ4v) is 5.96. The molecule has 5 nitrogen and oxygen atoms in total. The van der Waals surface area contributed by atoms with Crippen LogP contribution in [0, 0.1) is 0 Å². The molecule has 1 amide bonds. The van der Waals surface area contributed by atoms with Crippen molar-refractivity contribution in [1.29, 1.82) is 0 Å². The zero-order valence-electron chi connectivity index (χ0n) is 16.8. The van der Waals surface area contributed by atoms with E-state index >= 15 is 0 Å².